The summed E-state index contributed by atoms with van der Waals surface area (Å²) < 4.78 is 5.42. The molecule has 24 heavy (non-hydrogen) atoms. The maximum absolute atomic E-state index is 11.1. The number of rotatable bonds is 5. The van der Waals surface area contributed by atoms with Crippen LogP contribution in [0.1, 0.15) is 0 Å². The monoisotopic (exact) mass is 343 g/mol. The zero-order chi connectivity index (χ0) is 17.1. The van der Waals surface area contributed by atoms with Gasteiger partial charge in [-0.15, -0.1) is 0 Å². The van der Waals surface area contributed by atoms with Crippen LogP contribution in [0.5, 0.6) is 0 Å². The van der Waals surface area contributed by atoms with Gasteiger partial charge in [-0.05, 0) is 41.6 Å². The van der Waals surface area contributed by atoms with Crippen molar-refractivity contribution in [3.8, 4) is 11.1 Å². The van der Waals surface area contributed by atoms with E-state index in [4.69, 9.17) is 4.42 Å². The highest BCUT2D eigenvalue weighted by atomic mass is 32.2. The normalized spacial score (nSPS) is 10.5. The Hall–Kier alpha value is -3.20. The van der Waals surface area contributed by atoms with Crippen molar-refractivity contribution in [2.75, 3.05) is 0 Å². The van der Waals surface area contributed by atoms with E-state index in [1.807, 2.05) is 12.1 Å². The van der Waals surface area contributed by atoms with Gasteiger partial charge in [-0.25, -0.2) is 0 Å². The van der Waals surface area contributed by atoms with Gasteiger partial charge in [0.15, 0.2) is 5.09 Å². The van der Waals surface area contributed by atoms with Gasteiger partial charge in [0.1, 0.15) is 0 Å². The Kier molecular flexibility index (Phi) is 4.25. The van der Waals surface area contributed by atoms with E-state index in [0.29, 0.717) is 5.09 Å². The minimum atomic E-state index is -0.671. The van der Waals surface area contributed by atoms with Gasteiger partial charge in [0, 0.05) is 24.0 Å². The van der Waals surface area contributed by atoms with Gasteiger partial charge in [-0.1, -0.05) is 0 Å². The Balaban J connectivity index is 1.90. The molecule has 1 aromatic carbocycles. The Bertz CT molecular complexity index is 910. The SMILES string of the molecule is O=[N+]([O-])c1ccc(Sc2cc(-c3ccncc3)co2)c([N+](=O)[O-])c1. The van der Waals surface area contributed by atoms with Gasteiger partial charge in [0.05, 0.1) is 27.1 Å². The average molecular weight is 343 g/mol. The van der Waals surface area contributed by atoms with Crippen molar-refractivity contribution in [3.63, 3.8) is 0 Å². The van der Waals surface area contributed by atoms with Crippen molar-refractivity contribution in [2.24, 2.45) is 0 Å². The number of aromatic nitrogens is 1. The molecule has 3 aromatic rings. The fourth-order valence-corrected chi connectivity index (χ4v) is 2.90. The predicted octanol–water partition coefficient (Wildman–Crippen LogP) is 4.31. The lowest BCUT2D eigenvalue weighted by Gasteiger charge is -2.00. The second-order valence-electron chi connectivity index (χ2n) is 4.66. The van der Waals surface area contributed by atoms with Crippen LogP contribution in [0.2, 0.25) is 0 Å². The molecule has 2 aromatic heterocycles. The second kappa shape index (κ2) is 6.50. The van der Waals surface area contributed by atoms with Crippen LogP contribution in [0.4, 0.5) is 11.4 Å². The molecule has 0 atom stereocenters. The number of hydrogen-bond acceptors (Lipinski definition) is 7. The Labute approximate surface area is 139 Å². The molecule has 0 fully saturated rings. The Morgan fingerprint density at radius 1 is 0.958 bits per heavy atom. The van der Waals surface area contributed by atoms with Crippen LogP contribution in [-0.4, -0.2) is 14.8 Å². The van der Waals surface area contributed by atoms with Crippen molar-refractivity contribution >= 4 is 23.1 Å². The van der Waals surface area contributed by atoms with Crippen LogP contribution in [0.3, 0.4) is 0 Å². The van der Waals surface area contributed by atoms with Gasteiger partial charge in [-0.2, -0.15) is 0 Å². The van der Waals surface area contributed by atoms with E-state index < -0.39 is 9.85 Å². The van der Waals surface area contributed by atoms with Crippen molar-refractivity contribution in [1.82, 2.24) is 4.98 Å². The minimum absolute atomic E-state index is 0.265. The molecule has 0 N–H and O–H groups in total. The van der Waals surface area contributed by atoms with Crippen LogP contribution in [0.25, 0.3) is 11.1 Å². The molecule has 0 aliphatic heterocycles. The number of nitro groups is 2. The summed E-state index contributed by atoms with van der Waals surface area (Å²) in [4.78, 5) is 24.8. The van der Waals surface area contributed by atoms with E-state index in [0.717, 1.165) is 29.0 Å². The third-order valence-electron chi connectivity index (χ3n) is 3.15. The molecular formula is C15H9N3O5S. The summed E-state index contributed by atoms with van der Waals surface area (Å²) in [5, 5.41) is 22.3. The Morgan fingerprint density at radius 3 is 2.38 bits per heavy atom. The molecule has 0 unspecified atom stereocenters. The fourth-order valence-electron chi connectivity index (χ4n) is 2.02. The number of furan rings is 1. The molecule has 0 amide bonds. The van der Waals surface area contributed by atoms with Crippen LogP contribution in [0.15, 0.2) is 69.5 Å². The Morgan fingerprint density at radius 2 is 1.71 bits per heavy atom. The molecule has 2 heterocycles. The number of nitro benzene ring substituents is 2. The lowest BCUT2D eigenvalue weighted by Crippen LogP contribution is -1.94. The van der Waals surface area contributed by atoms with Crippen LogP contribution < -0.4 is 0 Å². The summed E-state index contributed by atoms with van der Waals surface area (Å²) in [7, 11) is 0. The zero-order valence-electron chi connectivity index (χ0n) is 12.0. The average Bonchev–Trinajstić information content (AvgIpc) is 3.04. The van der Waals surface area contributed by atoms with Gasteiger partial charge < -0.3 is 4.42 Å². The largest absolute Gasteiger partial charge is 0.457 e. The van der Waals surface area contributed by atoms with E-state index in [1.165, 1.54) is 18.4 Å². The molecule has 3 rings (SSSR count). The molecule has 8 nitrogen and oxygen atoms in total. The summed E-state index contributed by atoms with van der Waals surface area (Å²) in [6, 6.07) is 8.87. The first-order chi connectivity index (χ1) is 11.5. The van der Waals surface area contributed by atoms with Gasteiger partial charge in [-0.3, -0.25) is 25.2 Å². The first kappa shape index (κ1) is 15.7. The number of nitrogens with zero attached hydrogens (tertiary/aromatic N) is 3. The standard InChI is InChI=1S/C15H9N3O5S/c19-17(20)12-1-2-14(13(8-12)18(21)22)24-15-7-11(9-23-15)10-3-5-16-6-4-10/h1-9H. The number of hydrogen-bond donors (Lipinski definition) is 0. The van der Waals surface area contributed by atoms with E-state index >= 15 is 0 Å². The lowest BCUT2D eigenvalue weighted by atomic mass is 10.1. The van der Waals surface area contributed by atoms with Crippen molar-refractivity contribution in [3.05, 3.63) is 75.3 Å². The first-order valence-corrected chi connectivity index (χ1v) is 7.46. The zero-order valence-corrected chi connectivity index (χ0v) is 12.8. The number of non-ortho nitro benzene ring substituents is 1. The molecule has 0 aliphatic rings. The van der Waals surface area contributed by atoms with Gasteiger partial charge in [0.25, 0.3) is 11.4 Å². The topological polar surface area (TPSA) is 112 Å². The first-order valence-electron chi connectivity index (χ1n) is 6.64. The van der Waals surface area contributed by atoms with Crippen LogP contribution >= 0.6 is 11.8 Å². The summed E-state index contributed by atoms with van der Waals surface area (Å²) in [6.07, 6.45) is 4.83. The summed E-state index contributed by atoms with van der Waals surface area (Å²) in [5.41, 5.74) is 1.04. The molecule has 0 spiro atoms. The highest BCUT2D eigenvalue weighted by molar-refractivity contribution is 7.99. The maximum atomic E-state index is 11.1. The van der Waals surface area contributed by atoms with Crippen LogP contribution in [0, 0.1) is 20.2 Å². The molecule has 0 saturated heterocycles. The van der Waals surface area contributed by atoms with E-state index in [9.17, 15) is 20.2 Å². The third-order valence-corrected chi connectivity index (χ3v) is 4.13. The second-order valence-corrected chi connectivity index (χ2v) is 5.70. The molecule has 0 bridgehead atoms. The number of pyridine rings is 1. The van der Waals surface area contributed by atoms with E-state index in [1.54, 1.807) is 18.5 Å². The van der Waals surface area contributed by atoms with E-state index in [2.05, 4.69) is 4.98 Å². The van der Waals surface area contributed by atoms with Crippen LogP contribution in [-0.2, 0) is 0 Å². The highest BCUT2D eigenvalue weighted by Crippen LogP contribution is 2.38. The molecule has 9 heteroatoms. The number of benzene rings is 1. The quantitative estimate of drug-likeness (QED) is 0.501. The summed E-state index contributed by atoms with van der Waals surface area (Å²) in [6.45, 7) is 0. The van der Waals surface area contributed by atoms with Crippen molar-refractivity contribution in [2.45, 2.75) is 9.99 Å². The third kappa shape index (κ3) is 3.25. The summed E-state index contributed by atoms with van der Waals surface area (Å²) >= 11 is 1.03. The van der Waals surface area contributed by atoms with Gasteiger partial charge >= 0.3 is 0 Å². The minimum Gasteiger partial charge on any atom is -0.457 e. The van der Waals surface area contributed by atoms with Crippen molar-refractivity contribution in [1.29, 1.82) is 0 Å². The lowest BCUT2D eigenvalue weighted by molar-refractivity contribution is -0.396. The molecule has 120 valence electrons. The summed E-state index contributed by atoms with van der Waals surface area (Å²) in [5.74, 6) is 0. The predicted molar refractivity (Wildman–Crippen MR) is 85.8 cm³/mol. The molecule has 0 aliphatic carbocycles. The van der Waals surface area contributed by atoms with E-state index in [-0.39, 0.29) is 16.3 Å². The molecule has 0 radical (unpaired) electrons. The maximum Gasteiger partial charge on any atom is 0.290 e. The smallest absolute Gasteiger partial charge is 0.290 e. The molecular weight excluding hydrogens is 334 g/mol. The van der Waals surface area contributed by atoms with Crippen molar-refractivity contribution < 1.29 is 14.3 Å². The highest BCUT2D eigenvalue weighted by Gasteiger charge is 2.21. The van der Waals surface area contributed by atoms with Gasteiger partial charge in [0.2, 0.25) is 0 Å². The molecule has 0 saturated carbocycles. The fraction of sp³-hybridized carbons (Fsp3) is 0.